The molecule has 1 unspecified atom stereocenters. The molecule has 5 nitrogen and oxygen atoms in total. The van der Waals surface area contributed by atoms with Crippen molar-refractivity contribution in [1.29, 1.82) is 0 Å². The van der Waals surface area contributed by atoms with Crippen molar-refractivity contribution in [2.45, 2.75) is 25.3 Å². The molecule has 0 radical (unpaired) electrons. The maximum absolute atomic E-state index is 11.6. The number of carboxylic acid groups (broad SMARTS) is 1. The van der Waals surface area contributed by atoms with E-state index in [0.717, 1.165) is 12.8 Å². The summed E-state index contributed by atoms with van der Waals surface area (Å²) in [6.45, 7) is -0.168. The lowest BCUT2D eigenvalue weighted by atomic mass is 10.1. The largest absolute Gasteiger partial charge is 0.484 e. The van der Waals surface area contributed by atoms with Gasteiger partial charge in [0.2, 0.25) is 0 Å². The highest BCUT2D eigenvalue weighted by atomic mass is 16.5. The molecular formula is C14H17NO4. The fourth-order valence-corrected chi connectivity index (χ4v) is 1.81. The number of carboxylic acids is 1. The summed E-state index contributed by atoms with van der Waals surface area (Å²) in [6.07, 6.45) is 2.62. The standard InChI is InChI=1S/C14H17NO4/c16-13(9-19-11-4-2-1-3-5-11)15-12(14(17)18)8-10-6-7-10/h1-5,10,12H,6-9H2,(H,15,16)(H,17,18). The van der Waals surface area contributed by atoms with E-state index in [1.807, 2.05) is 6.07 Å². The highest BCUT2D eigenvalue weighted by molar-refractivity contribution is 5.84. The molecule has 0 bridgehead atoms. The first-order valence-corrected chi connectivity index (χ1v) is 6.35. The molecule has 1 amide bonds. The molecule has 19 heavy (non-hydrogen) atoms. The quantitative estimate of drug-likeness (QED) is 0.780. The zero-order valence-corrected chi connectivity index (χ0v) is 10.5. The van der Waals surface area contributed by atoms with Gasteiger partial charge < -0.3 is 15.2 Å². The van der Waals surface area contributed by atoms with E-state index in [1.54, 1.807) is 24.3 Å². The summed E-state index contributed by atoms with van der Waals surface area (Å²) in [5.74, 6) is -0.361. The average Bonchev–Trinajstić information content (AvgIpc) is 3.21. The number of amides is 1. The molecule has 0 spiro atoms. The van der Waals surface area contributed by atoms with Gasteiger partial charge in [-0.25, -0.2) is 4.79 Å². The molecule has 2 rings (SSSR count). The van der Waals surface area contributed by atoms with Crippen LogP contribution in [0, 0.1) is 5.92 Å². The Balaban J connectivity index is 1.77. The van der Waals surface area contributed by atoms with E-state index >= 15 is 0 Å². The van der Waals surface area contributed by atoms with Crippen molar-refractivity contribution in [3.63, 3.8) is 0 Å². The van der Waals surface area contributed by atoms with Crippen molar-refractivity contribution < 1.29 is 19.4 Å². The van der Waals surface area contributed by atoms with Crippen molar-refractivity contribution in [2.75, 3.05) is 6.61 Å². The van der Waals surface area contributed by atoms with Crippen LogP contribution in [0.4, 0.5) is 0 Å². The van der Waals surface area contributed by atoms with E-state index in [2.05, 4.69) is 5.32 Å². The molecule has 1 fully saturated rings. The van der Waals surface area contributed by atoms with Crippen molar-refractivity contribution in [1.82, 2.24) is 5.32 Å². The molecule has 2 N–H and O–H groups in total. The van der Waals surface area contributed by atoms with Gasteiger partial charge in [0.1, 0.15) is 11.8 Å². The number of nitrogens with one attached hydrogen (secondary N) is 1. The second-order valence-corrected chi connectivity index (χ2v) is 4.74. The van der Waals surface area contributed by atoms with Gasteiger partial charge in [-0.3, -0.25) is 4.79 Å². The van der Waals surface area contributed by atoms with Crippen LogP contribution in [0.5, 0.6) is 5.75 Å². The SMILES string of the molecule is O=C(COc1ccccc1)NC(CC1CC1)C(=O)O. The number of rotatable bonds is 7. The molecule has 1 aromatic rings. The molecule has 5 heteroatoms. The van der Waals surface area contributed by atoms with Gasteiger partial charge in [-0.15, -0.1) is 0 Å². The average molecular weight is 263 g/mol. The minimum Gasteiger partial charge on any atom is -0.484 e. The lowest BCUT2D eigenvalue weighted by molar-refractivity contribution is -0.142. The summed E-state index contributed by atoms with van der Waals surface area (Å²) in [4.78, 5) is 22.7. The second-order valence-electron chi connectivity index (χ2n) is 4.74. The maximum Gasteiger partial charge on any atom is 0.326 e. The molecule has 1 aromatic carbocycles. The predicted octanol–water partition coefficient (Wildman–Crippen LogP) is 1.43. The fraction of sp³-hybridized carbons (Fsp3) is 0.429. The van der Waals surface area contributed by atoms with E-state index in [1.165, 1.54) is 0 Å². The highest BCUT2D eigenvalue weighted by Crippen LogP contribution is 2.33. The molecule has 1 saturated carbocycles. The maximum atomic E-state index is 11.6. The third-order valence-electron chi connectivity index (χ3n) is 3.01. The van der Waals surface area contributed by atoms with Crippen LogP contribution in [0.3, 0.4) is 0 Å². The van der Waals surface area contributed by atoms with Gasteiger partial charge in [0, 0.05) is 0 Å². The normalized spacial score (nSPS) is 15.6. The van der Waals surface area contributed by atoms with Crippen LogP contribution >= 0.6 is 0 Å². The Kier molecular flexibility index (Phi) is 4.39. The van der Waals surface area contributed by atoms with E-state index in [0.29, 0.717) is 18.1 Å². The Hall–Kier alpha value is -2.04. The summed E-state index contributed by atoms with van der Waals surface area (Å²) in [6, 6.07) is 8.14. The summed E-state index contributed by atoms with van der Waals surface area (Å²) in [7, 11) is 0. The van der Waals surface area contributed by atoms with Gasteiger partial charge in [0.15, 0.2) is 6.61 Å². The van der Waals surface area contributed by atoms with Gasteiger partial charge in [0.05, 0.1) is 0 Å². The predicted molar refractivity (Wildman–Crippen MR) is 68.8 cm³/mol. The lowest BCUT2D eigenvalue weighted by Crippen LogP contribution is -2.43. The Morgan fingerprint density at radius 3 is 2.58 bits per heavy atom. The van der Waals surface area contributed by atoms with Gasteiger partial charge in [-0.2, -0.15) is 0 Å². The van der Waals surface area contributed by atoms with Crippen LogP contribution in [-0.2, 0) is 9.59 Å². The molecule has 0 aromatic heterocycles. The molecule has 1 aliphatic rings. The van der Waals surface area contributed by atoms with Gasteiger partial charge >= 0.3 is 5.97 Å². The summed E-state index contributed by atoms with van der Waals surface area (Å²) >= 11 is 0. The number of hydrogen-bond acceptors (Lipinski definition) is 3. The zero-order chi connectivity index (χ0) is 13.7. The van der Waals surface area contributed by atoms with E-state index in [9.17, 15) is 9.59 Å². The van der Waals surface area contributed by atoms with Gasteiger partial charge in [-0.1, -0.05) is 31.0 Å². The third kappa shape index (κ3) is 4.62. The monoisotopic (exact) mass is 263 g/mol. The summed E-state index contributed by atoms with van der Waals surface area (Å²) < 4.78 is 5.26. The summed E-state index contributed by atoms with van der Waals surface area (Å²) in [5.41, 5.74) is 0. The topological polar surface area (TPSA) is 75.6 Å². The molecule has 0 saturated heterocycles. The number of ether oxygens (including phenoxy) is 1. The van der Waals surface area contributed by atoms with Crippen LogP contribution in [-0.4, -0.2) is 29.6 Å². The number of carbonyl (C=O) groups is 2. The van der Waals surface area contributed by atoms with Crippen LogP contribution in [0.1, 0.15) is 19.3 Å². The first-order valence-electron chi connectivity index (χ1n) is 6.35. The number of carbonyl (C=O) groups excluding carboxylic acids is 1. The lowest BCUT2D eigenvalue weighted by Gasteiger charge is -2.14. The highest BCUT2D eigenvalue weighted by Gasteiger charge is 2.30. The first-order chi connectivity index (χ1) is 9.15. The Morgan fingerprint density at radius 1 is 1.32 bits per heavy atom. The van der Waals surface area contributed by atoms with Crippen LogP contribution in [0.2, 0.25) is 0 Å². The van der Waals surface area contributed by atoms with E-state index < -0.39 is 17.9 Å². The van der Waals surface area contributed by atoms with Crippen molar-refractivity contribution in [3.05, 3.63) is 30.3 Å². The van der Waals surface area contributed by atoms with Gasteiger partial charge in [-0.05, 0) is 24.5 Å². The molecule has 0 aliphatic heterocycles. The molecule has 102 valence electrons. The Labute approximate surface area is 111 Å². The first kappa shape index (κ1) is 13.4. The molecular weight excluding hydrogens is 246 g/mol. The number of benzene rings is 1. The molecule has 1 aliphatic carbocycles. The number of hydrogen-bond donors (Lipinski definition) is 2. The third-order valence-corrected chi connectivity index (χ3v) is 3.01. The molecule has 1 atom stereocenters. The van der Waals surface area contributed by atoms with E-state index in [4.69, 9.17) is 9.84 Å². The zero-order valence-electron chi connectivity index (χ0n) is 10.5. The number of aliphatic carboxylic acids is 1. The Morgan fingerprint density at radius 2 is 2.00 bits per heavy atom. The Bertz CT molecular complexity index is 442. The van der Waals surface area contributed by atoms with Crippen LogP contribution in [0.15, 0.2) is 30.3 Å². The van der Waals surface area contributed by atoms with Crippen molar-refractivity contribution in [2.24, 2.45) is 5.92 Å². The van der Waals surface area contributed by atoms with Gasteiger partial charge in [0.25, 0.3) is 5.91 Å². The summed E-state index contributed by atoms with van der Waals surface area (Å²) in [5, 5.41) is 11.5. The molecule has 0 heterocycles. The minimum atomic E-state index is -0.986. The number of para-hydroxylation sites is 1. The minimum absolute atomic E-state index is 0.168. The van der Waals surface area contributed by atoms with Crippen molar-refractivity contribution in [3.8, 4) is 5.75 Å². The smallest absolute Gasteiger partial charge is 0.326 e. The van der Waals surface area contributed by atoms with E-state index in [-0.39, 0.29) is 6.61 Å². The fourth-order valence-electron chi connectivity index (χ4n) is 1.81. The van der Waals surface area contributed by atoms with Crippen LogP contribution < -0.4 is 10.1 Å². The van der Waals surface area contributed by atoms with Crippen LogP contribution in [0.25, 0.3) is 0 Å². The second kappa shape index (κ2) is 6.22. The van der Waals surface area contributed by atoms with Crippen molar-refractivity contribution >= 4 is 11.9 Å².